The molecule has 0 saturated heterocycles. The molecule has 5 nitrogen and oxygen atoms in total. The van der Waals surface area contributed by atoms with Crippen molar-refractivity contribution in [2.45, 2.75) is 31.7 Å². The zero-order chi connectivity index (χ0) is 17.0. The van der Waals surface area contributed by atoms with Gasteiger partial charge in [0.25, 0.3) is 5.91 Å². The topological polar surface area (TPSA) is 68.2 Å². The van der Waals surface area contributed by atoms with Crippen molar-refractivity contribution in [1.82, 2.24) is 9.88 Å². The van der Waals surface area contributed by atoms with E-state index in [1.807, 2.05) is 30.7 Å². The second kappa shape index (κ2) is 7.00. The van der Waals surface area contributed by atoms with E-state index in [2.05, 4.69) is 5.32 Å². The summed E-state index contributed by atoms with van der Waals surface area (Å²) in [5, 5.41) is 2.80. The first-order chi connectivity index (χ1) is 10.9. The minimum atomic E-state index is -3.44. The minimum absolute atomic E-state index is 0.0360. The molecule has 0 unspecified atom stereocenters. The number of nitrogens with zero attached hydrogens (tertiary/aromatic N) is 1. The summed E-state index contributed by atoms with van der Waals surface area (Å²) in [6.07, 6.45) is 0.515. The molecular weight excluding hydrogens is 312 g/mol. The third-order valence-corrected chi connectivity index (χ3v) is 5.82. The van der Waals surface area contributed by atoms with E-state index < -0.39 is 9.84 Å². The lowest BCUT2D eigenvalue weighted by Gasteiger charge is -2.11. The van der Waals surface area contributed by atoms with Crippen molar-refractivity contribution >= 4 is 15.7 Å². The Morgan fingerprint density at radius 3 is 2.48 bits per heavy atom. The highest BCUT2D eigenvalue weighted by Crippen LogP contribution is 2.18. The molecule has 0 aliphatic rings. The number of aryl methyl sites for hydroxylation is 1. The summed E-state index contributed by atoms with van der Waals surface area (Å²) in [5.41, 5.74) is 2.26. The number of sulfone groups is 1. The minimum Gasteiger partial charge on any atom is -0.350 e. The number of carbonyl (C=O) groups excluding carboxylic acids is 1. The quantitative estimate of drug-likeness (QED) is 0.882. The van der Waals surface area contributed by atoms with Gasteiger partial charge >= 0.3 is 0 Å². The second-order valence-electron chi connectivity index (χ2n) is 5.52. The van der Waals surface area contributed by atoms with Gasteiger partial charge in [0.15, 0.2) is 9.84 Å². The number of hydrogen-bond acceptors (Lipinski definition) is 3. The molecular formula is C17H22N2O3S. The maximum Gasteiger partial charge on any atom is 0.252 e. The second-order valence-corrected chi connectivity index (χ2v) is 7.60. The van der Waals surface area contributed by atoms with Gasteiger partial charge in [0, 0.05) is 18.4 Å². The molecule has 2 aromatic rings. The Balaban J connectivity index is 2.22. The van der Waals surface area contributed by atoms with E-state index in [4.69, 9.17) is 0 Å². The van der Waals surface area contributed by atoms with Crippen molar-refractivity contribution < 1.29 is 13.2 Å². The Morgan fingerprint density at radius 1 is 1.17 bits per heavy atom. The van der Waals surface area contributed by atoms with Crippen LogP contribution in [0.1, 0.15) is 35.1 Å². The summed E-state index contributed by atoms with van der Waals surface area (Å²) in [4.78, 5) is 12.5. The summed E-state index contributed by atoms with van der Waals surface area (Å²) >= 11 is 0. The van der Waals surface area contributed by atoms with Crippen LogP contribution in [0.4, 0.5) is 0 Å². The van der Waals surface area contributed by atoms with E-state index in [1.54, 1.807) is 25.1 Å². The summed E-state index contributed by atoms with van der Waals surface area (Å²) in [6.45, 7) is 4.14. The van der Waals surface area contributed by atoms with E-state index in [0.717, 1.165) is 11.4 Å². The fourth-order valence-electron chi connectivity index (χ4n) is 2.41. The average molecular weight is 334 g/mol. The lowest BCUT2D eigenvalue weighted by Crippen LogP contribution is -2.26. The molecule has 6 heteroatoms. The highest BCUT2D eigenvalue weighted by atomic mass is 32.2. The van der Waals surface area contributed by atoms with E-state index in [-0.39, 0.29) is 22.1 Å². The zero-order valence-electron chi connectivity index (χ0n) is 13.7. The number of rotatable bonds is 6. The van der Waals surface area contributed by atoms with Crippen molar-refractivity contribution in [3.8, 4) is 0 Å². The highest BCUT2D eigenvalue weighted by molar-refractivity contribution is 7.91. The van der Waals surface area contributed by atoms with Gasteiger partial charge in [-0.25, -0.2) is 8.42 Å². The molecule has 0 atom stereocenters. The Hall–Kier alpha value is -2.08. The van der Waals surface area contributed by atoms with Crippen LogP contribution >= 0.6 is 0 Å². The molecule has 0 spiro atoms. The number of aromatic nitrogens is 1. The molecule has 1 aromatic carbocycles. The Labute approximate surface area is 137 Å². The van der Waals surface area contributed by atoms with Crippen LogP contribution in [0.2, 0.25) is 0 Å². The summed E-state index contributed by atoms with van der Waals surface area (Å²) in [7, 11) is -1.51. The van der Waals surface area contributed by atoms with Crippen molar-refractivity contribution in [2.75, 3.05) is 5.75 Å². The van der Waals surface area contributed by atoms with Crippen LogP contribution in [0.15, 0.2) is 41.3 Å². The maximum atomic E-state index is 12.4. The van der Waals surface area contributed by atoms with Gasteiger partial charge in [0.05, 0.1) is 22.8 Å². The van der Waals surface area contributed by atoms with Gasteiger partial charge in [-0.15, -0.1) is 0 Å². The molecule has 1 amide bonds. The number of hydrogen-bond donors (Lipinski definition) is 1. The average Bonchev–Trinajstić information content (AvgIpc) is 2.84. The Kier molecular flexibility index (Phi) is 5.26. The lowest BCUT2D eigenvalue weighted by atomic mass is 10.2. The molecule has 1 heterocycles. The van der Waals surface area contributed by atoms with Crippen molar-refractivity contribution in [2.24, 2.45) is 7.05 Å². The molecule has 2 rings (SSSR count). The van der Waals surface area contributed by atoms with Gasteiger partial charge in [0.2, 0.25) is 0 Å². The summed E-state index contributed by atoms with van der Waals surface area (Å²) in [6, 6.07) is 10.3. The fourth-order valence-corrected chi connectivity index (χ4v) is 3.95. The first-order valence-electron chi connectivity index (χ1n) is 7.58. The van der Waals surface area contributed by atoms with Crippen LogP contribution in [-0.4, -0.2) is 24.6 Å². The monoisotopic (exact) mass is 334 g/mol. The number of carbonyl (C=O) groups is 1. The largest absolute Gasteiger partial charge is 0.350 e. The number of nitrogens with one attached hydrogen (secondary N) is 1. The van der Waals surface area contributed by atoms with Crippen LogP contribution < -0.4 is 5.32 Å². The smallest absolute Gasteiger partial charge is 0.252 e. The molecule has 23 heavy (non-hydrogen) atoms. The van der Waals surface area contributed by atoms with Gasteiger partial charge in [-0.05, 0) is 37.6 Å². The van der Waals surface area contributed by atoms with E-state index in [9.17, 15) is 13.2 Å². The molecule has 1 N–H and O–H groups in total. The van der Waals surface area contributed by atoms with E-state index >= 15 is 0 Å². The lowest BCUT2D eigenvalue weighted by molar-refractivity contribution is 0.0947. The van der Waals surface area contributed by atoms with Gasteiger partial charge in [-0.3, -0.25) is 4.79 Å². The fraction of sp³-hybridized carbons (Fsp3) is 0.353. The molecule has 0 bridgehead atoms. The summed E-state index contributed by atoms with van der Waals surface area (Å²) in [5.74, 6) is -0.340. The normalized spacial score (nSPS) is 11.4. The number of amides is 1. The third-order valence-electron chi connectivity index (χ3n) is 3.85. The van der Waals surface area contributed by atoms with Gasteiger partial charge in [-0.1, -0.05) is 19.1 Å². The predicted octanol–water partition coefficient (Wildman–Crippen LogP) is 2.45. The summed E-state index contributed by atoms with van der Waals surface area (Å²) < 4.78 is 26.6. The standard InChI is InChI=1S/C17H22N2O3S/c1-4-11-23(21,22)16-8-6-5-7-15(16)17(20)18-12-14-10-9-13(2)19(14)3/h5-10H,4,11-12H2,1-3H3,(H,18,20). The molecule has 0 aliphatic carbocycles. The Bertz CT molecular complexity index is 807. The van der Waals surface area contributed by atoms with E-state index in [0.29, 0.717) is 13.0 Å². The SMILES string of the molecule is CCCS(=O)(=O)c1ccccc1C(=O)NCc1ccc(C)n1C. The number of benzene rings is 1. The van der Waals surface area contributed by atoms with Gasteiger partial charge in [-0.2, -0.15) is 0 Å². The molecule has 0 fully saturated rings. The van der Waals surface area contributed by atoms with Crippen LogP contribution in [0.5, 0.6) is 0 Å². The molecule has 0 aliphatic heterocycles. The highest BCUT2D eigenvalue weighted by Gasteiger charge is 2.21. The molecule has 1 aromatic heterocycles. The van der Waals surface area contributed by atoms with Gasteiger partial charge < -0.3 is 9.88 Å². The predicted molar refractivity (Wildman–Crippen MR) is 90.1 cm³/mol. The van der Waals surface area contributed by atoms with E-state index in [1.165, 1.54) is 6.07 Å². The van der Waals surface area contributed by atoms with Gasteiger partial charge in [0.1, 0.15) is 0 Å². The van der Waals surface area contributed by atoms with Crippen molar-refractivity contribution in [3.63, 3.8) is 0 Å². The van der Waals surface area contributed by atoms with Crippen LogP contribution in [0.25, 0.3) is 0 Å². The van der Waals surface area contributed by atoms with Crippen LogP contribution in [-0.2, 0) is 23.4 Å². The first-order valence-corrected chi connectivity index (χ1v) is 9.23. The van der Waals surface area contributed by atoms with Crippen LogP contribution in [0, 0.1) is 6.92 Å². The van der Waals surface area contributed by atoms with Crippen molar-refractivity contribution in [3.05, 3.63) is 53.3 Å². The molecule has 124 valence electrons. The third kappa shape index (κ3) is 3.82. The Morgan fingerprint density at radius 2 is 1.87 bits per heavy atom. The maximum absolute atomic E-state index is 12.4. The van der Waals surface area contributed by atoms with Crippen LogP contribution in [0.3, 0.4) is 0 Å². The zero-order valence-corrected chi connectivity index (χ0v) is 14.5. The first kappa shape index (κ1) is 17.3. The molecule has 0 radical (unpaired) electrons. The van der Waals surface area contributed by atoms with Crippen molar-refractivity contribution in [1.29, 1.82) is 0 Å². The molecule has 0 saturated carbocycles.